The number of nitrogens with zero attached hydrogens (tertiary/aromatic N) is 2. The molecule has 2 amide bonds. The smallest absolute Gasteiger partial charge is 0.244 e. The Hall–Kier alpha value is -2.94. The van der Waals surface area contributed by atoms with Crippen molar-refractivity contribution in [2.75, 3.05) is 17.1 Å². The number of hydrogen-bond donors (Lipinski definition) is 1. The van der Waals surface area contributed by atoms with E-state index in [-0.39, 0.29) is 18.1 Å². The maximum absolute atomic E-state index is 13.8. The lowest BCUT2D eigenvalue weighted by Crippen LogP contribution is -2.55. The highest BCUT2D eigenvalue weighted by Gasteiger charge is 2.33. The van der Waals surface area contributed by atoms with E-state index in [1.807, 2.05) is 52.0 Å². The third-order valence-corrected chi connectivity index (χ3v) is 6.40. The standard InChI is InChI=1S/C25H34FN3O4S/c1-7-22(24(31)27-25(3,4)5)28(16-19-12-9-8-11-18(19)2)23(30)17-29(34(6,32)33)21-14-10-13-20(26)15-21/h8-15,22H,7,16-17H2,1-6H3,(H,27,31)/t22-/m1/s1. The van der Waals surface area contributed by atoms with E-state index in [2.05, 4.69) is 5.32 Å². The molecule has 2 rings (SSSR count). The molecule has 0 unspecified atom stereocenters. The number of amides is 2. The fourth-order valence-electron chi connectivity index (χ4n) is 3.59. The molecule has 0 spiro atoms. The number of benzene rings is 2. The fraction of sp³-hybridized carbons (Fsp3) is 0.440. The van der Waals surface area contributed by atoms with Crippen LogP contribution in [0, 0.1) is 12.7 Å². The molecular weight excluding hydrogens is 457 g/mol. The fourth-order valence-corrected chi connectivity index (χ4v) is 4.43. The molecule has 0 aliphatic heterocycles. The Morgan fingerprint density at radius 2 is 1.74 bits per heavy atom. The summed E-state index contributed by atoms with van der Waals surface area (Å²) in [5, 5.41) is 2.91. The summed E-state index contributed by atoms with van der Waals surface area (Å²) in [7, 11) is -3.91. The zero-order chi connectivity index (χ0) is 25.7. The van der Waals surface area contributed by atoms with Gasteiger partial charge in [-0.3, -0.25) is 13.9 Å². The quantitative estimate of drug-likeness (QED) is 0.581. The third-order valence-electron chi connectivity index (χ3n) is 5.26. The third kappa shape index (κ3) is 7.55. The normalized spacial score (nSPS) is 12.7. The highest BCUT2D eigenvalue weighted by Crippen LogP contribution is 2.21. The van der Waals surface area contributed by atoms with Crippen LogP contribution in [0.5, 0.6) is 0 Å². The zero-order valence-electron chi connectivity index (χ0n) is 20.6. The van der Waals surface area contributed by atoms with Gasteiger partial charge in [0.15, 0.2) is 0 Å². The van der Waals surface area contributed by atoms with Gasteiger partial charge in [-0.1, -0.05) is 37.3 Å². The molecule has 34 heavy (non-hydrogen) atoms. The number of carbonyl (C=O) groups excluding carboxylic acids is 2. The Labute approximate surface area is 202 Å². The van der Waals surface area contributed by atoms with Crippen LogP contribution in [-0.4, -0.2) is 49.5 Å². The number of carbonyl (C=O) groups is 2. The van der Waals surface area contributed by atoms with Gasteiger partial charge in [-0.2, -0.15) is 0 Å². The predicted molar refractivity (Wildman–Crippen MR) is 132 cm³/mol. The number of anilines is 1. The topological polar surface area (TPSA) is 86.8 Å². The molecule has 1 atom stereocenters. The van der Waals surface area contributed by atoms with E-state index in [4.69, 9.17) is 0 Å². The van der Waals surface area contributed by atoms with E-state index in [0.717, 1.165) is 27.8 Å². The number of rotatable bonds is 9. The van der Waals surface area contributed by atoms with E-state index in [1.165, 1.54) is 23.1 Å². The zero-order valence-corrected chi connectivity index (χ0v) is 21.4. The number of aryl methyl sites for hydroxylation is 1. The number of halogens is 1. The summed E-state index contributed by atoms with van der Waals surface area (Å²) in [5.74, 6) is -1.51. The highest BCUT2D eigenvalue weighted by atomic mass is 32.2. The van der Waals surface area contributed by atoms with Crippen LogP contribution in [0.4, 0.5) is 10.1 Å². The van der Waals surface area contributed by atoms with Crippen molar-refractivity contribution in [1.29, 1.82) is 0 Å². The average molecular weight is 492 g/mol. The van der Waals surface area contributed by atoms with E-state index in [0.29, 0.717) is 6.42 Å². The Morgan fingerprint density at radius 1 is 1.09 bits per heavy atom. The molecule has 0 bridgehead atoms. The number of sulfonamides is 1. The van der Waals surface area contributed by atoms with Crippen molar-refractivity contribution in [3.63, 3.8) is 0 Å². The van der Waals surface area contributed by atoms with Crippen LogP contribution in [0.15, 0.2) is 48.5 Å². The Kier molecular flexibility index (Phi) is 8.83. The number of hydrogen-bond acceptors (Lipinski definition) is 4. The van der Waals surface area contributed by atoms with Gasteiger partial charge in [-0.15, -0.1) is 0 Å². The molecule has 1 N–H and O–H groups in total. The second-order valence-electron chi connectivity index (χ2n) is 9.36. The number of nitrogens with one attached hydrogen (secondary N) is 1. The molecule has 2 aromatic rings. The van der Waals surface area contributed by atoms with Crippen LogP contribution in [0.1, 0.15) is 45.2 Å². The summed E-state index contributed by atoms with van der Waals surface area (Å²) in [6.45, 7) is 8.81. The van der Waals surface area contributed by atoms with Crippen molar-refractivity contribution in [2.24, 2.45) is 0 Å². The summed E-state index contributed by atoms with van der Waals surface area (Å²) in [5.41, 5.74) is 1.31. The Morgan fingerprint density at radius 3 is 2.26 bits per heavy atom. The summed E-state index contributed by atoms with van der Waals surface area (Å²) < 4.78 is 39.7. The van der Waals surface area contributed by atoms with Gasteiger partial charge in [0.25, 0.3) is 0 Å². The van der Waals surface area contributed by atoms with Gasteiger partial charge in [0.2, 0.25) is 21.8 Å². The van der Waals surface area contributed by atoms with Crippen LogP contribution in [-0.2, 0) is 26.2 Å². The van der Waals surface area contributed by atoms with Gasteiger partial charge in [-0.05, 0) is 63.4 Å². The van der Waals surface area contributed by atoms with Crippen molar-refractivity contribution in [2.45, 2.75) is 59.2 Å². The van der Waals surface area contributed by atoms with Crippen LogP contribution in [0.3, 0.4) is 0 Å². The van der Waals surface area contributed by atoms with Gasteiger partial charge in [-0.25, -0.2) is 12.8 Å². The predicted octanol–water partition coefficient (Wildman–Crippen LogP) is 3.62. The maximum Gasteiger partial charge on any atom is 0.244 e. The molecule has 0 saturated heterocycles. The molecular formula is C25H34FN3O4S. The van der Waals surface area contributed by atoms with Crippen LogP contribution in [0.25, 0.3) is 0 Å². The maximum atomic E-state index is 13.8. The minimum Gasteiger partial charge on any atom is -0.350 e. The van der Waals surface area contributed by atoms with Crippen molar-refractivity contribution in [1.82, 2.24) is 10.2 Å². The first-order valence-corrected chi connectivity index (χ1v) is 13.0. The van der Waals surface area contributed by atoms with Crippen LogP contribution in [0.2, 0.25) is 0 Å². The van der Waals surface area contributed by atoms with Crippen molar-refractivity contribution < 1.29 is 22.4 Å². The molecule has 186 valence electrons. The van der Waals surface area contributed by atoms with Crippen LogP contribution < -0.4 is 9.62 Å². The molecule has 0 aromatic heterocycles. The summed E-state index contributed by atoms with van der Waals surface area (Å²) in [4.78, 5) is 28.1. The van der Waals surface area contributed by atoms with Gasteiger partial charge >= 0.3 is 0 Å². The Bertz CT molecular complexity index is 1130. The molecule has 0 aliphatic carbocycles. The molecule has 0 saturated carbocycles. The lowest BCUT2D eigenvalue weighted by atomic mass is 10.0. The Balaban J connectivity index is 2.48. The highest BCUT2D eigenvalue weighted by molar-refractivity contribution is 7.92. The van der Waals surface area contributed by atoms with Crippen LogP contribution >= 0.6 is 0 Å². The molecule has 7 nitrogen and oxygen atoms in total. The molecule has 0 heterocycles. The summed E-state index contributed by atoms with van der Waals surface area (Å²) in [6, 6.07) is 11.7. The minimum atomic E-state index is -3.91. The van der Waals surface area contributed by atoms with Gasteiger partial charge in [0.05, 0.1) is 11.9 Å². The lowest BCUT2D eigenvalue weighted by molar-refractivity contribution is -0.141. The minimum absolute atomic E-state index is 0.0406. The molecule has 9 heteroatoms. The first kappa shape index (κ1) is 27.3. The van der Waals surface area contributed by atoms with Gasteiger partial charge in [0, 0.05) is 12.1 Å². The van der Waals surface area contributed by atoms with Crippen molar-refractivity contribution >= 4 is 27.5 Å². The average Bonchev–Trinajstić information content (AvgIpc) is 2.70. The van der Waals surface area contributed by atoms with E-state index in [1.54, 1.807) is 6.92 Å². The lowest BCUT2D eigenvalue weighted by Gasteiger charge is -2.34. The van der Waals surface area contributed by atoms with Crippen molar-refractivity contribution in [3.05, 3.63) is 65.5 Å². The second kappa shape index (κ2) is 11.0. The SMILES string of the molecule is CC[C@H](C(=O)NC(C)(C)C)N(Cc1ccccc1C)C(=O)CN(c1cccc(F)c1)S(C)(=O)=O. The molecule has 0 aliphatic rings. The molecule has 0 radical (unpaired) electrons. The second-order valence-corrected chi connectivity index (χ2v) is 11.3. The molecule has 2 aromatic carbocycles. The van der Waals surface area contributed by atoms with Crippen molar-refractivity contribution in [3.8, 4) is 0 Å². The van der Waals surface area contributed by atoms with E-state index < -0.39 is 39.9 Å². The summed E-state index contributed by atoms with van der Waals surface area (Å²) >= 11 is 0. The summed E-state index contributed by atoms with van der Waals surface area (Å²) in [6.07, 6.45) is 1.29. The van der Waals surface area contributed by atoms with E-state index in [9.17, 15) is 22.4 Å². The first-order chi connectivity index (χ1) is 15.7. The molecule has 0 fully saturated rings. The monoisotopic (exact) mass is 491 g/mol. The van der Waals surface area contributed by atoms with Gasteiger partial charge in [0.1, 0.15) is 18.4 Å². The van der Waals surface area contributed by atoms with Gasteiger partial charge < -0.3 is 10.2 Å². The first-order valence-electron chi connectivity index (χ1n) is 11.1. The van der Waals surface area contributed by atoms with E-state index >= 15 is 0 Å². The largest absolute Gasteiger partial charge is 0.350 e.